The first-order valence-electron chi connectivity index (χ1n) is 28.2. The maximum atomic E-state index is 14.4. The summed E-state index contributed by atoms with van der Waals surface area (Å²) in [5, 5.41) is 46.8. The molecule has 1 aliphatic heterocycles. The fraction of sp³-hybridized carbons (Fsp3) is 0.698. The minimum absolute atomic E-state index is 0.0561. The summed E-state index contributed by atoms with van der Waals surface area (Å²) in [6.07, 6.45) is 3.21. The molecule has 1 saturated carbocycles. The Hall–Kier alpha value is -5.66. The van der Waals surface area contributed by atoms with E-state index in [0.29, 0.717) is 11.5 Å². The van der Waals surface area contributed by atoms with Crippen LogP contribution >= 0.6 is 21.6 Å². The van der Waals surface area contributed by atoms with Crippen LogP contribution in [0, 0.1) is 11.8 Å². The molecule has 0 bridgehead atoms. The van der Waals surface area contributed by atoms with Crippen LogP contribution in [-0.4, -0.2) is 186 Å². The molecule has 0 radical (unpaired) electrons. The van der Waals surface area contributed by atoms with E-state index in [-0.39, 0.29) is 63.4 Å². The third-order valence-corrected chi connectivity index (χ3v) is 16.4. The molecule has 1 saturated heterocycles. The molecule has 2 fully saturated rings. The molecule has 27 nitrogen and oxygen atoms in total. The summed E-state index contributed by atoms with van der Waals surface area (Å²) in [7, 11) is 3.02. The lowest BCUT2D eigenvalue weighted by atomic mass is 9.88. The number of hydrogen-bond acceptors (Lipinski definition) is 19. The largest absolute Gasteiger partial charge is 0.391 e. The normalized spacial score (nSPS) is 24.3. The van der Waals surface area contributed by atoms with Crippen LogP contribution in [0.4, 0.5) is 0 Å². The first-order valence-corrected chi connectivity index (χ1v) is 30.7. The highest BCUT2D eigenvalue weighted by Gasteiger charge is 2.37. The van der Waals surface area contributed by atoms with E-state index in [1.807, 2.05) is 0 Å². The van der Waals surface area contributed by atoms with Gasteiger partial charge in [0.15, 0.2) is 0 Å². The van der Waals surface area contributed by atoms with E-state index in [2.05, 4.69) is 53.2 Å². The molecule has 1 aliphatic carbocycles. The zero-order valence-electron chi connectivity index (χ0n) is 47.6. The SMILES string of the molecule is CC(C)C[C@@H]1NC(=O)[C@@H](Cc2ccccc2)NC(=O)[C@H](CCN)NC(=O)[C@@H](NC(=O)[C@@H](CN)NC(=O)[C@@H](NC(=O)[C@H](N)CSSCCC2CCCCC2)[C@@H](C)O)CCNC(=O)[C@H]([C@@H](C)O)NC(=O)[C@H](CCN)NC(=O)[C@H](CCN)NC1=O. The Morgan fingerprint density at radius 3 is 1.67 bits per heavy atom. The van der Waals surface area contributed by atoms with Gasteiger partial charge in [-0.15, -0.1) is 0 Å². The van der Waals surface area contributed by atoms with Crippen LogP contribution in [0.1, 0.15) is 104 Å². The van der Waals surface area contributed by atoms with E-state index in [9.17, 15) is 58.2 Å². The Balaban J connectivity index is 1.99. The lowest BCUT2D eigenvalue weighted by Crippen LogP contribution is -2.62. The summed E-state index contributed by atoms with van der Waals surface area (Å²) in [6, 6.07) is -5.91. The van der Waals surface area contributed by atoms with Crippen molar-refractivity contribution in [2.75, 3.05) is 44.2 Å². The van der Waals surface area contributed by atoms with Gasteiger partial charge in [-0.05, 0) is 89.4 Å². The van der Waals surface area contributed by atoms with Crippen molar-refractivity contribution in [3.05, 3.63) is 35.9 Å². The molecule has 462 valence electrons. The van der Waals surface area contributed by atoms with Gasteiger partial charge in [0.25, 0.3) is 0 Å². The number of nitrogens with one attached hydrogen (secondary N) is 10. The standard InChI is InChI=1S/C53H91N15O12S2/c1-29(2)25-39-49(76)62-35(15-20-54)45(72)61-37(17-22-56)48(75)68-42(30(3)69)52(79)59-23-18-38(47(74)60-36(16-21-55)46(73)65-40(50(77)64-39)26-33-13-9-6-10-14-33)63-51(78)41(27-57)66-53(80)43(31(4)70)67-44(71)34(58)28-82-81-24-19-32-11-7-5-8-12-32/h6,9-10,13-14,29-32,34-43,69-70H,5,7-8,11-12,15-28,54-58H2,1-4H3,(H,59,79)(H,60,74)(H,61,72)(H,62,76)(H,63,78)(H,64,77)(H,65,73)(H,66,80)(H,67,71)(H,68,75)/t30-,31-,34-,35+,36+,37+,38+,39+,40-,41-,42+,43+/m1/s1. The molecule has 82 heavy (non-hydrogen) atoms. The Bertz CT molecular complexity index is 2230. The topological polar surface area (TPSA) is 462 Å². The predicted octanol–water partition coefficient (Wildman–Crippen LogP) is -4.40. The van der Waals surface area contributed by atoms with Gasteiger partial charge in [-0.1, -0.05) is 97.9 Å². The van der Waals surface area contributed by atoms with Gasteiger partial charge < -0.3 is 92.0 Å². The highest BCUT2D eigenvalue weighted by atomic mass is 33.1. The van der Waals surface area contributed by atoms with Crippen LogP contribution in [0.15, 0.2) is 30.3 Å². The zero-order chi connectivity index (χ0) is 60.9. The van der Waals surface area contributed by atoms with Gasteiger partial charge in [-0.3, -0.25) is 47.9 Å². The molecule has 1 aromatic rings. The number of amides is 10. The van der Waals surface area contributed by atoms with E-state index in [1.54, 1.807) is 55.0 Å². The third-order valence-electron chi connectivity index (χ3n) is 13.9. The predicted molar refractivity (Wildman–Crippen MR) is 312 cm³/mol. The number of carbonyl (C=O) groups excluding carboxylic acids is 10. The van der Waals surface area contributed by atoms with Crippen LogP contribution in [0.25, 0.3) is 0 Å². The van der Waals surface area contributed by atoms with Gasteiger partial charge in [0.2, 0.25) is 59.1 Å². The van der Waals surface area contributed by atoms with Gasteiger partial charge in [0, 0.05) is 31.0 Å². The van der Waals surface area contributed by atoms with Crippen LogP contribution in [0.3, 0.4) is 0 Å². The average Bonchev–Trinajstić information content (AvgIpc) is 3.56. The molecular formula is C53H91N15O12S2. The van der Waals surface area contributed by atoms with E-state index in [4.69, 9.17) is 28.7 Å². The Morgan fingerprint density at radius 2 is 1.13 bits per heavy atom. The minimum Gasteiger partial charge on any atom is -0.391 e. The molecule has 0 spiro atoms. The first kappa shape index (κ1) is 70.6. The lowest BCUT2D eigenvalue weighted by Gasteiger charge is -2.28. The van der Waals surface area contributed by atoms with Crippen molar-refractivity contribution >= 4 is 80.7 Å². The van der Waals surface area contributed by atoms with E-state index in [1.165, 1.54) is 56.7 Å². The second-order valence-electron chi connectivity index (χ2n) is 21.3. The van der Waals surface area contributed by atoms with E-state index >= 15 is 0 Å². The monoisotopic (exact) mass is 1190 g/mol. The minimum atomic E-state index is -1.67. The summed E-state index contributed by atoms with van der Waals surface area (Å²) < 4.78 is 0. The van der Waals surface area contributed by atoms with Gasteiger partial charge in [-0.25, -0.2) is 0 Å². The van der Waals surface area contributed by atoms with Crippen molar-refractivity contribution < 1.29 is 58.2 Å². The number of carbonyl (C=O) groups is 10. The average molecular weight is 1190 g/mol. The molecule has 2 aliphatic rings. The summed E-state index contributed by atoms with van der Waals surface area (Å²) >= 11 is 0. The second-order valence-corrected chi connectivity index (χ2v) is 23.9. The molecule has 1 aromatic carbocycles. The maximum absolute atomic E-state index is 14.4. The van der Waals surface area contributed by atoms with Gasteiger partial charge in [0.1, 0.15) is 54.4 Å². The molecule has 0 unspecified atom stereocenters. The molecule has 10 amide bonds. The van der Waals surface area contributed by atoms with Crippen LogP contribution in [0.2, 0.25) is 0 Å². The molecule has 29 heteroatoms. The molecule has 0 aromatic heterocycles. The molecule has 22 N–H and O–H groups in total. The van der Waals surface area contributed by atoms with Gasteiger partial charge in [0.05, 0.1) is 18.2 Å². The number of rotatable bonds is 25. The third kappa shape index (κ3) is 24.7. The van der Waals surface area contributed by atoms with Crippen molar-refractivity contribution in [1.82, 2.24) is 53.2 Å². The number of aliphatic hydroxyl groups excluding tert-OH is 2. The Labute approximate surface area is 488 Å². The summed E-state index contributed by atoms with van der Waals surface area (Å²) in [6.45, 7) is 4.60. The first-order chi connectivity index (χ1) is 39.0. The van der Waals surface area contributed by atoms with Gasteiger partial charge in [-0.2, -0.15) is 0 Å². The number of nitrogens with two attached hydrogens (primary N) is 5. The number of benzene rings is 1. The quantitative estimate of drug-likeness (QED) is 0.0325. The second kappa shape index (κ2) is 37.5. The highest BCUT2D eigenvalue weighted by molar-refractivity contribution is 8.76. The molecule has 1 heterocycles. The van der Waals surface area contributed by atoms with E-state index in [0.717, 1.165) is 12.2 Å². The fourth-order valence-corrected chi connectivity index (χ4v) is 11.5. The summed E-state index contributed by atoms with van der Waals surface area (Å²) in [4.78, 5) is 140. The van der Waals surface area contributed by atoms with Crippen molar-refractivity contribution in [2.24, 2.45) is 40.5 Å². The number of aliphatic hydroxyl groups is 2. The van der Waals surface area contributed by atoms with Crippen molar-refractivity contribution in [2.45, 2.75) is 177 Å². The smallest absolute Gasteiger partial charge is 0.245 e. The van der Waals surface area contributed by atoms with Crippen molar-refractivity contribution in [1.29, 1.82) is 0 Å². The lowest BCUT2D eigenvalue weighted by molar-refractivity contribution is -0.136. The van der Waals surface area contributed by atoms with Crippen molar-refractivity contribution in [3.8, 4) is 0 Å². The highest BCUT2D eigenvalue weighted by Crippen LogP contribution is 2.30. The van der Waals surface area contributed by atoms with E-state index < -0.39 is 151 Å². The molecule has 3 rings (SSSR count). The Kier molecular flexibility index (Phi) is 32.3. The van der Waals surface area contributed by atoms with Gasteiger partial charge >= 0.3 is 0 Å². The zero-order valence-corrected chi connectivity index (χ0v) is 49.2. The van der Waals surface area contributed by atoms with Crippen molar-refractivity contribution in [3.63, 3.8) is 0 Å². The molecular weight excluding hydrogens is 1100 g/mol. The Morgan fingerprint density at radius 1 is 0.610 bits per heavy atom. The molecule has 12 atom stereocenters. The van der Waals surface area contributed by atoms with Crippen LogP contribution in [0.5, 0.6) is 0 Å². The summed E-state index contributed by atoms with van der Waals surface area (Å²) in [5.74, 6) is -7.52. The maximum Gasteiger partial charge on any atom is 0.245 e. The fourth-order valence-electron chi connectivity index (χ4n) is 9.19. The van der Waals surface area contributed by atoms with Crippen LogP contribution < -0.4 is 81.8 Å². The number of hydrogen-bond donors (Lipinski definition) is 17. The van der Waals surface area contributed by atoms with Crippen LogP contribution in [-0.2, 0) is 54.4 Å². The summed E-state index contributed by atoms with van der Waals surface area (Å²) in [5.41, 5.74) is 30.4.